The Morgan fingerprint density at radius 3 is 2.53 bits per heavy atom. The average molecular weight is 337 g/mol. The molecule has 3 heteroatoms. The van der Waals surface area contributed by atoms with Gasteiger partial charge in [0.2, 0.25) is 0 Å². The molecule has 1 aromatic carbocycles. The molecule has 1 rings (SSSR count). The first-order valence-electron chi connectivity index (χ1n) is 6.49. The highest BCUT2D eigenvalue weighted by atomic mass is 79.9. The lowest BCUT2D eigenvalue weighted by Crippen LogP contribution is -2.23. The second-order valence-corrected chi connectivity index (χ2v) is 6.32. The minimum absolute atomic E-state index is 0.296. The predicted molar refractivity (Wildman–Crippen MR) is 91.7 cm³/mol. The molecule has 0 bridgehead atoms. The fourth-order valence-corrected chi connectivity index (χ4v) is 3.23. The summed E-state index contributed by atoms with van der Waals surface area (Å²) in [5, 5.41) is 1.33. The van der Waals surface area contributed by atoms with Crippen LogP contribution in [0.3, 0.4) is 0 Å². The van der Waals surface area contributed by atoms with Crippen molar-refractivity contribution in [1.82, 2.24) is 0 Å². The van der Waals surface area contributed by atoms with E-state index in [0.717, 1.165) is 19.3 Å². The third kappa shape index (κ3) is 6.71. The molecule has 1 unspecified atom stereocenters. The molecule has 0 N–H and O–H groups in total. The maximum Gasteiger partial charge on any atom is 0.192 e. The number of rotatable bonds is 9. The highest BCUT2D eigenvalue weighted by Gasteiger charge is 2.06. The molecular formula is C16H21BrOSi. The Morgan fingerprint density at radius 1 is 1.21 bits per heavy atom. The number of hydrogen-bond acceptors (Lipinski definition) is 1. The van der Waals surface area contributed by atoms with Crippen molar-refractivity contribution in [3.8, 4) is 0 Å². The van der Waals surface area contributed by atoms with Crippen LogP contribution in [0.1, 0.15) is 24.8 Å². The summed E-state index contributed by atoms with van der Waals surface area (Å²) in [6, 6.07) is 8.56. The summed E-state index contributed by atoms with van der Waals surface area (Å²) in [6.45, 7) is 7.55. The molecule has 102 valence electrons. The molecular weight excluding hydrogens is 316 g/mol. The van der Waals surface area contributed by atoms with Gasteiger partial charge in [0.25, 0.3) is 0 Å². The van der Waals surface area contributed by atoms with Crippen molar-refractivity contribution in [2.75, 3.05) is 0 Å². The summed E-state index contributed by atoms with van der Waals surface area (Å²) in [5.41, 5.74) is 1.20. The van der Waals surface area contributed by atoms with E-state index >= 15 is 0 Å². The zero-order valence-corrected chi connectivity index (χ0v) is 14.2. The van der Waals surface area contributed by atoms with Crippen LogP contribution in [0.25, 0.3) is 6.08 Å². The molecule has 0 spiro atoms. The Hall–Kier alpha value is -0.903. The van der Waals surface area contributed by atoms with E-state index in [1.54, 1.807) is 0 Å². The SMILES string of the molecule is C=CCCC(CC=C)O[SiH2]c1ccc(C=CBr)cc1. The zero-order chi connectivity index (χ0) is 13.9. The van der Waals surface area contributed by atoms with Gasteiger partial charge in [-0.25, -0.2) is 0 Å². The zero-order valence-electron chi connectivity index (χ0n) is 11.2. The lowest BCUT2D eigenvalue weighted by Gasteiger charge is -2.15. The van der Waals surface area contributed by atoms with Gasteiger partial charge in [0, 0.05) is 6.10 Å². The summed E-state index contributed by atoms with van der Waals surface area (Å²) in [7, 11) is -0.655. The van der Waals surface area contributed by atoms with Gasteiger partial charge in [-0.15, -0.1) is 13.2 Å². The van der Waals surface area contributed by atoms with Crippen molar-refractivity contribution >= 4 is 37.0 Å². The third-order valence-corrected chi connectivity index (χ3v) is 4.55. The van der Waals surface area contributed by atoms with Crippen LogP contribution in [0.2, 0.25) is 0 Å². The van der Waals surface area contributed by atoms with Crippen LogP contribution in [0.4, 0.5) is 0 Å². The van der Waals surface area contributed by atoms with Crippen molar-refractivity contribution in [3.63, 3.8) is 0 Å². The normalized spacial score (nSPS) is 13.1. The second-order valence-electron chi connectivity index (χ2n) is 4.36. The van der Waals surface area contributed by atoms with E-state index in [9.17, 15) is 0 Å². The fraction of sp³-hybridized carbons (Fsp3) is 0.250. The standard InChI is InChI=1S/C16H21BrOSi/c1-3-5-7-15(6-4-2)18-19-16-10-8-14(9-11-16)12-13-17/h3-4,8-13,15H,1-2,5-7,19H2. The van der Waals surface area contributed by atoms with Crippen LogP contribution in [0.5, 0.6) is 0 Å². The summed E-state index contributed by atoms with van der Waals surface area (Å²) < 4.78 is 6.06. The van der Waals surface area contributed by atoms with E-state index in [-0.39, 0.29) is 0 Å². The van der Waals surface area contributed by atoms with Crippen LogP contribution in [0, 0.1) is 0 Å². The van der Waals surface area contributed by atoms with Gasteiger partial charge in [0.15, 0.2) is 9.76 Å². The number of hydrogen-bond donors (Lipinski definition) is 0. The molecule has 1 nitrogen and oxygen atoms in total. The summed E-state index contributed by atoms with van der Waals surface area (Å²) in [5.74, 6) is 0. The third-order valence-electron chi connectivity index (χ3n) is 2.84. The highest BCUT2D eigenvalue weighted by Crippen LogP contribution is 2.08. The summed E-state index contributed by atoms with van der Waals surface area (Å²) >= 11 is 3.28. The molecule has 0 saturated carbocycles. The second kappa shape index (κ2) is 9.95. The van der Waals surface area contributed by atoms with E-state index < -0.39 is 9.76 Å². The van der Waals surface area contributed by atoms with Crippen LogP contribution < -0.4 is 5.19 Å². The van der Waals surface area contributed by atoms with Gasteiger partial charge in [0.05, 0.1) is 0 Å². The molecule has 0 radical (unpaired) electrons. The summed E-state index contributed by atoms with van der Waals surface area (Å²) in [6.07, 6.45) is 9.16. The molecule has 1 atom stereocenters. The molecule has 0 amide bonds. The first-order valence-corrected chi connectivity index (χ1v) is 8.69. The topological polar surface area (TPSA) is 9.23 Å². The fourth-order valence-electron chi connectivity index (χ4n) is 1.77. The van der Waals surface area contributed by atoms with Gasteiger partial charge in [-0.05, 0) is 41.1 Å². The number of halogens is 1. The molecule has 19 heavy (non-hydrogen) atoms. The van der Waals surface area contributed by atoms with E-state index in [1.807, 2.05) is 23.2 Å². The number of allylic oxidation sites excluding steroid dienone is 1. The molecule has 0 saturated heterocycles. The monoisotopic (exact) mass is 336 g/mol. The average Bonchev–Trinajstić information content (AvgIpc) is 2.44. The molecule has 0 fully saturated rings. The Kier molecular flexibility index (Phi) is 8.46. The Balaban J connectivity index is 2.48. The van der Waals surface area contributed by atoms with Crippen molar-refractivity contribution in [2.45, 2.75) is 25.4 Å². The van der Waals surface area contributed by atoms with Crippen molar-refractivity contribution in [2.24, 2.45) is 0 Å². The first-order chi connectivity index (χ1) is 9.30. The van der Waals surface area contributed by atoms with E-state index in [1.165, 1.54) is 10.8 Å². The van der Waals surface area contributed by atoms with E-state index in [2.05, 4.69) is 53.4 Å². The minimum atomic E-state index is -0.655. The van der Waals surface area contributed by atoms with E-state index in [4.69, 9.17) is 4.43 Å². The van der Waals surface area contributed by atoms with Gasteiger partial charge in [-0.2, -0.15) is 0 Å². The Labute approximate surface area is 127 Å². The molecule has 0 aliphatic carbocycles. The Morgan fingerprint density at radius 2 is 1.95 bits per heavy atom. The lowest BCUT2D eigenvalue weighted by atomic mass is 10.1. The molecule has 0 heterocycles. The molecule has 0 aliphatic heterocycles. The number of benzene rings is 1. The van der Waals surface area contributed by atoms with Crippen molar-refractivity contribution < 1.29 is 4.43 Å². The summed E-state index contributed by atoms with van der Waals surface area (Å²) in [4.78, 5) is 1.87. The smallest absolute Gasteiger partial charge is 0.192 e. The van der Waals surface area contributed by atoms with Crippen LogP contribution >= 0.6 is 15.9 Å². The van der Waals surface area contributed by atoms with Crippen molar-refractivity contribution in [3.05, 3.63) is 60.1 Å². The van der Waals surface area contributed by atoms with Crippen LogP contribution in [-0.2, 0) is 4.43 Å². The quantitative estimate of drug-likeness (QED) is 0.493. The maximum atomic E-state index is 6.06. The van der Waals surface area contributed by atoms with Crippen LogP contribution in [0.15, 0.2) is 54.6 Å². The maximum absolute atomic E-state index is 6.06. The molecule has 0 aliphatic rings. The van der Waals surface area contributed by atoms with E-state index in [0.29, 0.717) is 6.10 Å². The van der Waals surface area contributed by atoms with Crippen molar-refractivity contribution in [1.29, 1.82) is 0 Å². The van der Waals surface area contributed by atoms with Gasteiger partial charge >= 0.3 is 0 Å². The van der Waals surface area contributed by atoms with Gasteiger partial charge in [-0.3, -0.25) is 0 Å². The highest BCUT2D eigenvalue weighted by molar-refractivity contribution is 9.11. The Bertz CT molecular complexity index is 411. The first kappa shape index (κ1) is 16.2. The predicted octanol–water partition coefficient (Wildman–Crippen LogP) is 3.69. The van der Waals surface area contributed by atoms with Crippen LogP contribution in [-0.4, -0.2) is 15.9 Å². The van der Waals surface area contributed by atoms with Gasteiger partial charge in [0.1, 0.15) is 0 Å². The minimum Gasteiger partial charge on any atom is -0.415 e. The largest absolute Gasteiger partial charge is 0.415 e. The molecule has 1 aromatic rings. The lowest BCUT2D eigenvalue weighted by molar-refractivity contribution is 0.209. The molecule has 0 aromatic heterocycles. The van der Waals surface area contributed by atoms with Gasteiger partial charge < -0.3 is 4.43 Å². The van der Waals surface area contributed by atoms with Gasteiger partial charge in [-0.1, -0.05) is 52.3 Å².